The van der Waals surface area contributed by atoms with Crippen molar-refractivity contribution >= 4 is 39.9 Å². The average molecular weight is 499 g/mol. The van der Waals surface area contributed by atoms with Crippen molar-refractivity contribution in [1.29, 1.82) is 0 Å². The third-order valence-corrected chi connectivity index (χ3v) is 6.58. The molecule has 0 radical (unpaired) electrons. The molecule has 1 aliphatic heterocycles. The Bertz CT molecular complexity index is 1460. The Balaban J connectivity index is 1.65. The van der Waals surface area contributed by atoms with E-state index in [0.717, 1.165) is 5.56 Å². The highest BCUT2D eigenvalue weighted by molar-refractivity contribution is 6.30. The smallest absolute Gasteiger partial charge is 0.263 e. The van der Waals surface area contributed by atoms with Crippen LogP contribution in [-0.4, -0.2) is 34.2 Å². The van der Waals surface area contributed by atoms with Gasteiger partial charge in [-0.1, -0.05) is 35.3 Å². The van der Waals surface area contributed by atoms with Crippen LogP contribution in [0, 0.1) is 12.7 Å². The second-order valence-corrected chi connectivity index (χ2v) is 9.10. The Morgan fingerprint density at radius 2 is 1.79 bits per heavy atom. The van der Waals surface area contributed by atoms with Gasteiger partial charge in [-0.2, -0.15) is 0 Å². The molecule has 9 heteroatoms. The van der Waals surface area contributed by atoms with Crippen LogP contribution in [0.25, 0.3) is 22.2 Å². The van der Waals surface area contributed by atoms with Gasteiger partial charge in [0, 0.05) is 41.8 Å². The number of benzene rings is 2. The number of aryl methyl sites for hydroxylation is 1. The largest absolute Gasteiger partial charge is 0.370 e. The Labute approximate surface area is 205 Å². The molecule has 4 aromatic rings. The maximum Gasteiger partial charge on any atom is 0.263 e. The number of hydrogen-bond donors (Lipinski definition) is 0. The highest BCUT2D eigenvalue weighted by Crippen LogP contribution is 2.33. The normalized spacial score (nSPS) is 16.3. The molecular weight excluding hydrogens is 478 g/mol. The summed E-state index contributed by atoms with van der Waals surface area (Å²) in [7, 11) is 1.64. The lowest BCUT2D eigenvalue weighted by Gasteiger charge is -2.34. The molecule has 3 heterocycles. The summed E-state index contributed by atoms with van der Waals surface area (Å²) in [6.07, 6.45) is -0.183. The fourth-order valence-electron chi connectivity index (χ4n) is 4.16. The molecule has 1 unspecified atom stereocenters. The summed E-state index contributed by atoms with van der Waals surface area (Å²) in [6.45, 7) is 3.37. The van der Waals surface area contributed by atoms with Crippen LogP contribution in [0.3, 0.4) is 0 Å². The van der Waals surface area contributed by atoms with Crippen molar-refractivity contribution in [3.05, 3.63) is 86.1 Å². The number of ether oxygens (including phenoxy) is 1. The van der Waals surface area contributed by atoms with Crippen molar-refractivity contribution in [1.82, 2.24) is 14.5 Å². The van der Waals surface area contributed by atoms with E-state index >= 15 is 0 Å². The van der Waals surface area contributed by atoms with Crippen LogP contribution in [-0.2, 0) is 11.8 Å². The van der Waals surface area contributed by atoms with Crippen LogP contribution >= 0.6 is 23.2 Å². The number of pyridine rings is 1. The lowest BCUT2D eigenvalue weighted by Crippen LogP contribution is -2.39. The summed E-state index contributed by atoms with van der Waals surface area (Å²) in [6, 6.07) is 13.7. The molecule has 0 amide bonds. The second-order valence-electron chi connectivity index (χ2n) is 8.23. The molecule has 2 aromatic heterocycles. The molecule has 6 nitrogen and oxygen atoms in total. The molecule has 1 aliphatic rings. The Hall–Kier alpha value is -3.00. The highest BCUT2D eigenvalue weighted by atomic mass is 35.5. The third-order valence-electron chi connectivity index (χ3n) is 6.09. The first-order valence-corrected chi connectivity index (χ1v) is 11.5. The summed E-state index contributed by atoms with van der Waals surface area (Å²) in [5.74, 6) is 0.597. The van der Waals surface area contributed by atoms with E-state index < -0.39 is 5.82 Å². The quantitative estimate of drug-likeness (QED) is 0.382. The molecule has 5 rings (SSSR count). The molecule has 1 atom stereocenters. The van der Waals surface area contributed by atoms with Crippen LogP contribution in [0.1, 0.15) is 17.5 Å². The van der Waals surface area contributed by atoms with Gasteiger partial charge in [-0.05, 0) is 42.8 Å². The van der Waals surface area contributed by atoms with Gasteiger partial charge in [0.2, 0.25) is 0 Å². The number of fused-ring (bicyclic) bond motifs is 1. The Morgan fingerprint density at radius 1 is 1.06 bits per heavy atom. The van der Waals surface area contributed by atoms with E-state index in [1.807, 2.05) is 24.3 Å². The van der Waals surface area contributed by atoms with E-state index in [1.54, 1.807) is 32.2 Å². The van der Waals surface area contributed by atoms with E-state index in [9.17, 15) is 9.18 Å². The molecule has 0 bridgehead atoms. The molecule has 0 N–H and O–H groups in total. The van der Waals surface area contributed by atoms with Crippen molar-refractivity contribution in [3.63, 3.8) is 0 Å². The SMILES string of the molecule is Cc1nc2cc(N3CCOC(c4ccc(Cl)cc4)C3)nc(-c3ccc(Cl)cc3F)c2c(=O)n1C. The van der Waals surface area contributed by atoms with Gasteiger partial charge in [0.1, 0.15) is 23.6 Å². The van der Waals surface area contributed by atoms with Gasteiger partial charge < -0.3 is 9.64 Å². The molecule has 34 heavy (non-hydrogen) atoms. The van der Waals surface area contributed by atoms with Crippen LogP contribution in [0.4, 0.5) is 10.2 Å². The Kier molecular flexibility index (Phi) is 6.02. The zero-order valence-electron chi connectivity index (χ0n) is 18.6. The highest BCUT2D eigenvalue weighted by Gasteiger charge is 2.25. The number of aromatic nitrogens is 3. The van der Waals surface area contributed by atoms with E-state index in [1.165, 1.54) is 10.6 Å². The van der Waals surface area contributed by atoms with E-state index in [-0.39, 0.29) is 33.3 Å². The van der Waals surface area contributed by atoms with Gasteiger partial charge >= 0.3 is 0 Å². The van der Waals surface area contributed by atoms with Crippen molar-refractivity contribution < 1.29 is 9.13 Å². The average Bonchev–Trinajstić information content (AvgIpc) is 2.82. The summed E-state index contributed by atoms with van der Waals surface area (Å²) in [5.41, 5.74) is 1.61. The number of morpholine rings is 1. The van der Waals surface area contributed by atoms with Crippen LogP contribution in [0.5, 0.6) is 0 Å². The molecule has 0 saturated carbocycles. The van der Waals surface area contributed by atoms with E-state index in [2.05, 4.69) is 9.88 Å². The minimum atomic E-state index is -0.554. The second kappa shape index (κ2) is 8.98. The zero-order valence-corrected chi connectivity index (χ0v) is 20.1. The van der Waals surface area contributed by atoms with Gasteiger partial charge in [-0.15, -0.1) is 0 Å². The predicted octanol–water partition coefficient (Wildman–Crippen LogP) is 5.33. The van der Waals surface area contributed by atoms with Gasteiger partial charge in [-0.25, -0.2) is 14.4 Å². The van der Waals surface area contributed by atoms with Crippen molar-refractivity contribution in [3.8, 4) is 11.3 Å². The van der Waals surface area contributed by atoms with Crippen molar-refractivity contribution in [2.24, 2.45) is 7.05 Å². The first kappa shape index (κ1) is 22.8. The zero-order chi connectivity index (χ0) is 24.0. The number of hydrogen-bond acceptors (Lipinski definition) is 5. The van der Waals surface area contributed by atoms with Gasteiger partial charge in [0.05, 0.1) is 23.2 Å². The predicted molar refractivity (Wildman–Crippen MR) is 132 cm³/mol. The first-order valence-electron chi connectivity index (χ1n) is 10.8. The molecule has 0 aliphatic carbocycles. The molecular formula is C25H21Cl2FN4O2. The monoisotopic (exact) mass is 498 g/mol. The summed E-state index contributed by atoms with van der Waals surface area (Å²) >= 11 is 12.0. The number of rotatable bonds is 3. The van der Waals surface area contributed by atoms with Gasteiger partial charge in [0.15, 0.2) is 0 Å². The minimum absolute atomic E-state index is 0.183. The van der Waals surface area contributed by atoms with E-state index in [4.69, 9.17) is 32.9 Å². The lowest BCUT2D eigenvalue weighted by atomic mass is 10.1. The van der Waals surface area contributed by atoms with Crippen molar-refractivity contribution in [2.75, 3.05) is 24.6 Å². The first-order chi connectivity index (χ1) is 16.3. The third kappa shape index (κ3) is 4.15. The molecule has 174 valence electrons. The molecule has 0 spiro atoms. The van der Waals surface area contributed by atoms with E-state index in [0.29, 0.717) is 41.9 Å². The van der Waals surface area contributed by atoms with Gasteiger partial charge in [0.25, 0.3) is 5.56 Å². The van der Waals surface area contributed by atoms with Crippen LogP contribution in [0.2, 0.25) is 10.0 Å². The molecule has 2 aromatic carbocycles. The number of anilines is 1. The number of halogens is 3. The summed E-state index contributed by atoms with van der Waals surface area (Å²) in [5, 5.41) is 1.19. The fourth-order valence-corrected chi connectivity index (χ4v) is 4.44. The minimum Gasteiger partial charge on any atom is -0.370 e. The van der Waals surface area contributed by atoms with Crippen molar-refractivity contribution in [2.45, 2.75) is 13.0 Å². The van der Waals surface area contributed by atoms with Crippen LogP contribution in [0.15, 0.2) is 53.3 Å². The molecule has 1 saturated heterocycles. The Morgan fingerprint density at radius 3 is 2.53 bits per heavy atom. The lowest BCUT2D eigenvalue weighted by molar-refractivity contribution is 0.0395. The maximum atomic E-state index is 15.0. The summed E-state index contributed by atoms with van der Waals surface area (Å²) in [4.78, 5) is 24.6. The summed E-state index contributed by atoms with van der Waals surface area (Å²) < 4.78 is 22.4. The van der Waals surface area contributed by atoms with Crippen LogP contribution < -0.4 is 10.5 Å². The fraction of sp³-hybridized carbons (Fsp3) is 0.240. The molecule has 1 fully saturated rings. The van der Waals surface area contributed by atoms with Gasteiger partial charge in [-0.3, -0.25) is 9.36 Å². The topological polar surface area (TPSA) is 60.2 Å². The standard InChI is InChI=1S/C25H21Cl2FN4O2/c1-14-29-20-12-22(32-9-10-34-21(13-32)15-3-5-16(26)6-4-15)30-24(23(20)25(33)31(14)2)18-8-7-17(27)11-19(18)28/h3-8,11-12,21H,9-10,13H2,1-2H3. The number of nitrogens with zero attached hydrogens (tertiary/aromatic N) is 4. The maximum absolute atomic E-state index is 15.0.